The number of aliphatic carboxylic acids is 1. The number of carboxylic acid groups (broad SMARTS) is 1. The van der Waals surface area contributed by atoms with Gasteiger partial charge in [0.15, 0.2) is 0 Å². The first-order chi connectivity index (χ1) is 7.49. The second-order valence-corrected chi connectivity index (χ2v) is 4.40. The molecular weight excluding hydrogens is 210 g/mol. The molecule has 0 bridgehead atoms. The molecule has 0 aromatic carbocycles. The standard InChI is InChI=1S/C11H21NO4/c1-7(8(2)15-4)12(3)10-6-16-5-9(10)11(13)14/h7-10H,5-6H2,1-4H3,(H,13,14). The Morgan fingerprint density at radius 2 is 2.12 bits per heavy atom. The molecule has 1 N–H and O–H groups in total. The largest absolute Gasteiger partial charge is 0.481 e. The topological polar surface area (TPSA) is 59.0 Å². The molecule has 4 atom stereocenters. The summed E-state index contributed by atoms with van der Waals surface area (Å²) in [4.78, 5) is 13.1. The Balaban J connectivity index is 2.65. The van der Waals surface area contributed by atoms with E-state index in [1.165, 1.54) is 0 Å². The minimum absolute atomic E-state index is 0.0647. The Kier molecular flexibility index (Phi) is 4.70. The lowest BCUT2D eigenvalue weighted by Crippen LogP contribution is -2.49. The van der Waals surface area contributed by atoms with Crippen molar-refractivity contribution in [1.29, 1.82) is 0 Å². The van der Waals surface area contributed by atoms with Crippen molar-refractivity contribution in [3.8, 4) is 0 Å². The molecule has 4 unspecified atom stereocenters. The van der Waals surface area contributed by atoms with Gasteiger partial charge in [-0.15, -0.1) is 0 Å². The van der Waals surface area contributed by atoms with Crippen molar-refractivity contribution >= 4 is 5.97 Å². The van der Waals surface area contributed by atoms with Crippen LogP contribution >= 0.6 is 0 Å². The highest BCUT2D eigenvalue weighted by Gasteiger charge is 2.38. The Morgan fingerprint density at radius 1 is 1.50 bits per heavy atom. The van der Waals surface area contributed by atoms with E-state index < -0.39 is 11.9 Å². The molecule has 1 aliphatic rings. The molecule has 0 aromatic rings. The third-order valence-corrected chi connectivity index (χ3v) is 3.58. The van der Waals surface area contributed by atoms with E-state index in [0.717, 1.165) is 0 Å². The van der Waals surface area contributed by atoms with Gasteiger partial charge in [0.1, 0.15) is 0 Å². The van der Waals surface area contributed by atoms with Gasteiger partial charge in [0.2, 0.25) is 0 Å². The van der Waals surface area contributed by atoms with Crippen LogP contribution in [-0.4, -0.2) is 61.5 Å². The number of carboxylic acids is 1. The van der Waals surface area contributed by atoms with E-state index in [1.807, 2.05) is 25.8 Å². The molecule has 1 aliphatic heterocycles. The lowest BCUT2D eigenvalue weighted by molar-refractivity contribution is -0.143. The molecule has 1 heterocycles. The second-order valence-electron chi connectivity index (χ2n) is 4.40. The molecule has 16 heavy (non-hydrogen) atoms. The van der Waals surface area contributed by atoms with Gasteiger partial charge in [0.05, 0.1) is 25.2 Å². The number of ether oxygens (including phenoxy) is 2. The Hall–Kier alpha value is -0.650. The number of nitrogens with zero attached hydrogens (tertiary/aromatic N) is 1. The summed E-state index contributed by atoms with van der Waals surface area (Å²) in [6.45, 7) is 4.80. The first-order valence-electron chi connectivity index (χ1n) is 5.54. The molecule has 5 nitrogen and oxygen atoms in total. The SMILES string of the molecule is COC(C)C(C)N(C)C1COCC1C(=O)O. The molecule has 0 aliphatic carbocycles. The third kappa shape index (κ3) is 2.72. The fourth-order valence-electron chi connectivity index (χ4n) is 2.01. The average Bonchev–Trinajstić information content (AvgIpc) is 2.74. The van der Waals surface area contributed by atoms with E-state index in [0.29, 0.717) is 13.2 Å². The van der Waals surface area contributed by atoms with Gasteiger partial charge in [-0.1, -0.05) is 0 Å². The highest BCUT2D eigenvalue weighted by molar-refractivity contribution is 5.71. The molecule has 0 amide bonds. The van der Waals surface area contributed by atoms with Crippen molar-refractivity contribution in [3.05, 3.63) is 0 Å². The van der Waals surface area contributed by atoms with Crippen molar-refractivity contribution < 1.29 is 19.4 Å². The lowest BCUT2D eigenvalue weighted by Gasteiger charge is -2.34. The van der Waals surface area contributed by atoms with Gasteiger partial charge in [0, 0.05) is 19.2 Å². The summed E-state index contributed by atoms with van der Waals surface area (Å²) < 4.78 is 10.5. The predicted octanol–water partition coefficient (Wildman–Crippen LogP) is 0.441. The maximum Gasteiger partial charge on any atom is 0.310 e. The van der Waals surface area contributed by atoms with E-state index in [2.05, 4.69) is 0 Å². The van der Waals surface area contributed by atoms with Gasteiger partial charge in [-0.2, -0.15) is 0 Å². The van der Waals surface area contributed by atoms with Crippen LogP contribution in [0.15, 0.2) is 0 Å². The van der Waals surface area contributed by atoms with Gasteiger partial charge in [-0.05, 0) is 20.9 Å². The van der Waals surface area contributed by atoms with Crippen molar-refractivity contribution in [2.45, 2.75) is 32.0 Å². The maximum absolute atomic E-state index is 11.0. The molecule has 1 rings (SSSR count). The molecule has 0 radical (unpaired) electrons. The van der Waals surface area contributed by atoms with Crippen LogP contribution in [0.25, 0.3) is 0 Å². The van der Waals surface area contributed by atoms with Gasteiger partial charge in [-0.3, -0.25) is 9.69 Å². The zero-order valence-corrected chi connectivity index (χ0v) is 10.3. The van der Waals surface area contributed by atoms with E-state index in [9.17, 15) is 4.79 Å². The minimum Gasteiger partial charge on any atom is -0.481 e. The summed E-state index contributed by atoms with van der Waals surface area (Å²) >= 11 is 0. The summed E-state index contributed by atoms with van der Waals surface area (Å²) in [5.41, 5.74) is 0. The van der Waals surface area contributed by atoms with Crippen LogP contribution in [0.3, 0.4) is 0 Å². The molecule has 1 fully saturated rings. The van der Waals surface area contributed by atoms with Gasteiger partial charge < -0.3 is 14.6 Å². The van der Waals surface area contributed by atoms with Gasteiger partial charge >= 0.3 is 5.97 Å². The smallest absolute Gasteiger partial charge is 0.310 e. The van der Waals surface area contributed by atoms with Crippen LogP contribution in [0.5, 0.6) is 0 Å². The summed E-state index contributed by atoms with van der Waals surface area (Å²) in [5.74, 6) is -1.22. The zero-order valence-electron chi connectivity index (χ0n) is 10.3. The lowest BCUT2D eigenvalue weighted by atomic mass is 10.0. The third-order valence-electron chi connectivity index (χ3n) is 3.58. The van der Waals surface area contributed by atoms with Crippen LogP contribution in [-0.2, 0) is 14.3 Å². The summed E-state index contributed by atoms with van der Waals surface area (Å²) in [6.07, 6.45) is 0.0695. The normalized spacial score (nSPS) is 29.3. The number of methoxy groups -OCH3 is 1. The highest BCUT2D eigenvalue weighted by Crippen LogP contribution is 2.22. The monoisotopic (exact) mass is 231 g/mol. The van der Waals surface area contributed by atoms with Crippen LogP contribution in [0.1, 0.15) is 13.8 Å². The first-order valence-corrected chi connectivity index (χ1v) is 5.54. The molecule has 94 valence electrons. The van der Waals surface area contributed by atoms with Crippen molar-refractivity contribution in [3.63, 3.8) is 0 Å². The Labute approximate surface area is 96.3 Å². The number of carbonyl (C=O) groups is 1. The van der Waals surface area contributed by atoms with Crippen molar-refractivity contribution in [2.24, 2.45) is 5.92 Å². The van der Waals surface area contributed by atoms with E-state index >= 15 is 0 Å². The highest BCUT2D eigenvalue weighted by atomic mass is 16.5. The van der Waals surface area contributed by atoms with E-state index in [4.69, 9.17) is 14.6 Å². The molecule has 1 saturated heterocycles. The van der Waals surface area contributed by atoms with Gasteiger partial charge in [-0.25, -0.2) is 0 Å². The quantitative estimate of drug-likeness (QED) is 0.744. The molecule has 0 saturated carbocycles. The molecule has 5 heteroatoms. The summed E-state index contributed by atoms with van der Waals surface area (Å²) in [7, 11) is 3.59. The number of hydrogen-bond acceptors (Lipinski definition) is 4. The maximum atomic E-state index is 11.0. The fourth-order valence-corrected chi connectivity index (χ4v) is 2.01. The number of rotatable bonds is 5. The van der Waals surface area contributed by atoms with Crippen LogP contribution < -0.4 is 0 Å². The van der Waals surface area contributed by atoms with Crippen LogP contribution in [0.2, 0.25) is 0 Å². The van der Waals surface area contributed by atoms with E-state index in [-0.39, 0.29) is 18.2 Å². The number of hydrogen-bond donors (Lipinski definition) is 1. The van der Waals surface area contributed by atoms with E-state index in [1.54, 1.807) is 7.11 Å². The van der Waals surface area contributed by atoms with Crippen molar-refractivity contribution in [2.75, 3.05) is 27.4 Å². The zero-order chi connectivity index (χ0) is 12.3. The minimum atomic E-state index is -0.786. The molecular formula is C11H21NO4. The Morgan fingerprint density at radius 3 is 2.62 bits per heavy atom. The Bertz CT molecular complexity index is 246. The van der Waals surface area contributed by atoms with Crippen LogP contribution in [0.4, 0.5) is 0 Å². The molecule has 0 spiro atoms. The molecule has 0 aromatic heterocycles. The summed E-state index contributed by atoms with van der Waals surface area (Å²) in [5, 5.41) is 9.07. The fraction of sp³-hybridized carbons (Fsp3) is 0.909. The number of likely N-dealkylation sites (N-methyl/N-ethyl adjacent to an activating group) is 1. The predicted molar refractivity (Wildman–Crippen MR) is 59.4 cm³/mol. The second kappa shape index (κ2) is 5.61. The van der Waals surface area contributed by atoms with Crippen LogP contribution in [0, 0.1) is 5.92 Å². The first kappa shape index (κ1) is 13.4. The van der Waals surface area contributed by atoms with Gasteiger partial charge in [0.25, 0.3) is 0 Å². The summed E-state index contributed by atoms with van der Waals surface area (Å²) in [6, 6.07) is 0.101. The average molecular weight is 231 g/mol. The van der Waals surface area contributed by atoms with Crippen molar-refractivity contribution in [1.82, 2.24) is 4.90 Å².